The minimum absolute atomic E-state index is 0.0612. The number of aromatic nitrogens is 1. The monoisotopic (exact) mass is 517 g/mol. The molecule has 1 saturated heterocycles. The number of amides is 1. The largest absolute Gasteiger partial charge is 0.481 e. The quantitative estimate of drug-likeness (QED) is 0.553. The van der Waals surface area contributed by atoms with E-state index in [1.165, 1.54) is 19.2 Å². The summed E-state index contributed by atoms with van der Waals surface area (Å²) in [5.41, 5.74) is 0.877. The number of benzene rings is 1. The summed E-state index contributed by atoms with van der Waals surface area (Å²) in [5.74, 6) is -0.763. The molecule has 2 aromatic rings. The van der Waals surface area contributed by atoms with Gasteiger partial charge in [-0.05, 0) is 71.4 Å². The van der Waals surface area contributed by atoms with Gasteiger partial charge in [0, 0.05) is 36.6 Å². The average molecular weight is 518 g/mol. The number of hydrogen-bond acceptors (Lipinski definition) is 7. The number of carbonyl (C=O) groups is 2. The number of aryl methyl sites for hydroxylation is 1. The Bertz CT molecular complexity index is 1260. The molecule has 9 nitrogen and oxygen atoms in total. The first-order valence-electron chi connectivity index (χ1n) is 12.7. The molecule has 2 atom stereocenters. The van der Waals surface area contributed by atoms with Crippen molar-refractivity contribution in [2.45, 2.75) is 71.6 Å². The SMILES string of the molecule is COC(=O)COc1cc(=O)n(C2CC2)c2c(C)c(N3CCC([C@H](C)NC(=O)OC(C)(C)C)C3)c(F)cc12. The second kappa shape index (κ2) is 10.2. The summed E-state index contributed by atoms with van der Waals surface area (Å²) in [4.78, 5) is 38.9. The van der Waals surface area contributed by atoms with Crippen molar-refractivity contribution in [3.8, 4) is 5.75 Å². The third-order valence-corrected chi connectivity index (χ3v) is 6.94. The molecule has 4 rings (SSSR count). The van der Waals surface area contributed by atoms with E-state index in [0.29, 0.717) is 35.2 Å². The fraction of sp³-hybridized carbons (Fsp3) is 0.593. The van der Waals surface area contributed by atoms with Crippen molar-refractivity contribution >= 4 is 28.7 Å². The molecule has 1 amide bonds. The maximum absolute atomic E-state index is 15.7. The number of nitrogens with one attached hydrogen (secondary N) is 1. The Morgan fingerprint density at radius 2 is 1.92 bits per heavy atom. The first-order valence-corrected chi connectivity index (χ1v) is 12.7. The van der Waals surface area contributed by atoms with Gasteiger partial charge in [0.05, 0.1) is 18.3 Å². The Balaban J connectivity index is 1.65. The molecule has 10 heteroatoms. The zero-order chi connectivity index (χ0) is 27.1. The van der Waals surface area contributed by atoms with E-state index in [-0.39, 0.29) is 35.9 Å². The van der Waals surface area contributed by atoms with Crippen molar-refractivity contribution in [3.05, 3.63) is 33.9 Å². The third-order valence-electron chi connectivity index (χ3n) is 6.94. The van der Waals surface area contributed by atoms with Crippen molar-refractivity contribution in [1.29, 1.82) is 0 Å². The van der Waals surface area contributed by atoms with Crippen LogP contribution in [0.5, 0.6) is 5.75 Å². The number of nitrogens with zero attached hydrogens (tertiary/aromatic N) is 2. The summed E-state index contributed by atoms with van der Waals surface area (Å²) in [5, 5.41) is 3.35. The number of hydrogen-bond donors (Lipinski definition) is 1. The lowest BCUT2D eigenvalue weighted by Gasteiger charge is -2.27. The highest BCUT2D eigenvalue weighted by Gasteiger charge is 2.34. The van der Waals surface area contributed by atoms with Crippen molar-refractivity contribution in [3.63, 3.8) is 0 Å². The molecule has 1 aliphatic heterocycles. The molecule has 202 valence electrons. The van der Waals surface area contributed by atoms with Gasteiger partial charge in [0.1, 0.15) is 17.2 Å². The van der Waals surface area contributed by atoms with Crippen LogP contribution in [0.1, 0.15) is 58.6 Å². The van der Waals surface area contributed by atoms with Crippen LogP contribution in [0.15, 0.2) is 16.9 Å². The summed E-state index contributed by atoms with van der Waals surface area (Å²) in [6, 6.07) is 2.61. The summed E-state index contributed by atoms with van der Waals surface area (Å²) in [7, 11) is 1.25. The molecule has 2 heterocycles. The van der Waals surface area contributed by atoms with Gasteiger partial charge in [-0.15, -0.1) is 0 Å². The van der Waals surface area contributed by atoms with Crippen LogP contribution in [0.2, 0.25) is 0 Å². The average Bonchev–Trinajstić information content (AvgIpc) is 3.52. The number of anilines is 1. The highest BCUT2D eigenvalue weighted by molar-refractivity contribution is 5.92. The molecule has 1 aromatic carbocycles. The van der Waals surface area contributed by atoms with E-state index < -0.39 is 23.5 Å². The molecule has 1 aromatic heterocycles. The van der Waals surface area contributed by atoms with Gasteiger partial charge in [0.15, 0.2) is 6.61 Å². The number of alkyl carbamates (subject to hydrolysis) is 1. The smallest absolute Gasteiger partial charge is 0.407 e. The van der Waals surface area contributed by atoms with E-state index in [1.807, 2.05) is 39.5 Å². The Kier molecular flexibility index (Phi) is 7.39. The molecule has 1 saturated carbocycles. The minimum Gasteiger partial charge on any atom is -0.481 e. The van der Waals surface area contributed by atoms with Crippen LogP contribution >= 0.6 is 0 Å². The van der Waals surface area contributed by atoms with Crippen molar-refractivity contribution < 1.29 is 28.2 Å². The van der Waals surface area contributed by atoms with Crippen molar-refractivity contribution in [1.82, 2.24) is 9.88 Å². The molecule has 0 radical (unpaired) electrons. The fourth-order valence-corrected chi connectivity index (χ4v) is 5.03. The Hall–Kier alpha value is -3.30. The van der Waals surface area contributed by atoms with E-state index in [1.54, 1.807) is 4.57 Å². The number of rotatable bonds is 7. The zero-order valence-corrected chi connectivity index (χ0v) is 22.4. The van der Waals surface area contributed by atoms with Gasteiger partial charge >= 0.3 is 12.1 Å². The van der Waals surface area contributed by atoms with Crippen LogP contribution in [0.25, 0.3) is 10.9 Å². The number of pyridine rings is 1. The standard InChI is InChI=1S/C27H36FN3O6/c1-15-24-19(21(36-14-23(33)35-6)12-22(32)31(24)18-7-8-18)11-20(28)25(15)30-10-9-17(13-30)16(2)29-26(34)37-27(3,4)5/h11-12,16-18H,7-10,13-14H2,1-6H3,(H,29,34)/t16-,17?/m0/s1. The summed E-state index contributed by atoms with van der Waals surface area (Å²) < 4.78 is 33.0. The molecular formula is C27H36FN3O6. The number of ether oxygens (including phenoxy) is 3. The lowest BCUT2D eigenvalue weighted by atomic mass is 10.0. The molecule has 1 N–H and O–H groups in total. The van der Waals surface area contributed by atoms with Gasteiger partial charge in [-0.3, -0.25) is 4.79 Å². The van der Waals surface area contributed by atoms with E-state index in [2.05, 4.69) is 10.1 Å². The highest BCUT2D eigenvalue weighted by atomic mass is 19.1. The predicted octanol–water partition coefficient (Wildman–Crippen LogP) is 4.08. The van der Waals surface area contributed by atoms with E-state index in [9.17, 15) is 14.4 Å². The molecule has 0 spiro atoms. The first-order chi connectivity index (χ1) is 17.4. The molecule has 0 bridgehead atoms. The Labute approximate surface area is 215 Å². The third kappa shape index (κ3) is 5.83. The van der Waals surface area contributed by atoms with Crippen LogP contribution in [0, 0.1) is 18.7 Å². The first kappa shape index (κ1) is 26.8. The second-order valence-electron chi connectivity index (χ2n) is 11.0. The van der Waals surface area contributed by atoms with Crippen molar-refractivity contribution in [2.24, 2.45) is 5.92 Å². The van der Waals surface area contributed by atoms with Gasteiger partial charge in [-0.2, -0.15) is 0 Å². The number of carbonyl (C=O) groups excluding carboxylic acids is 2. The molecule has 2 aliphatic rings. The predicted molar refractivity (Wildman–Crippen MR) is 138 cm³/mol. The number of fused-ring (bicyclic) bond motifs is 1. The molecule has 1 aliphatic carbocycles. The van der Waals surface area contributed by atoms with Crippen LogP contribution in [-0.4, -0.2) is 55.1 Å². The summed E-state index contributed by atoms with van der Waals surface area (Å²) >= 11 is 0. The Morgan fingerprint density at radius 3 is 2.54 bits per heavy atom. The molecular weight excluding hydrogens is 481 g/mol. The maximum atomic E-state index is 15.7. The van der Waals surface area contributed by atoms with Crippen LogP contribution in [0.4, 0.5) is 14.9 Å². The second-order valence-corrected chi connectivity index (χ2v) is 11.0. The van der Waals surface area contributed by atoms with Gasteiger partial charge in [-0.25, -0.2) is 14.0 Å². The molecule has 1 unspecified atom stereocenters. The molecule has 2 fully saturated rings. The number of halogens is 1. The Morgan fingerprint density at radius 1 is 1.22 bits per heavy atom. The van der Waals surface area contributed by atoms with E-state index >= 15 is 4.39 Å². The minimum atomic E-state index is -0.592. The topological polar surface area (TPSA) is 99.1 Å². The lowest BCUT2D eigenvalue weighted by Crippen LogP contribution is -2.42. The van der Waals surface area contributed by atoms with E-state index in [4.69, 9.17) is 9.47 Å². The number of esters is 1. The van der Waals surface area contributed by atoms with Gasteiger partial charge < -0.3 is 29.0 Å². The molecule has 37 heavy (non-hydrogen) atoms. The summed E-state index contributed by atoms with van der Waals surface area (Å²) in [6.45, 7) is 9.97. The summed E-state index contributed by atoms with van der Waals surface area (Å²) in [6.07, 6.45) is 2.05. The fourth-order valence-electron chi connectivity index (χ4n) is 5.03. The van der Waals surface area contributed by atoms with Crippen LogP contribution in [0.3, 0.4) is 0 Å². The van der Waals surface area contributed by atoms with Crippen LogP contribution in [-0.2, 0) is 14.3 Å². The van der Waals surface area contributed by atoms with Gasteiger partial charge in [0.2, 0.25) is 0 Å². The lowest BCUT2D eigenvalue weighted by molar-refractivity contribution is -0.142. The zero-order valence-electron chi connectivity index (χ0n) is 22.4. The van der Waals surface area contributed by atoms with Crippen LogP contribution < -0.4 is 20.5 Å². The van der Waals surface area contributed by atoms with Gasteiger partial charge in [-0.1, -0.05) is 0 Å². The van der Waals surface area contributed by atoms with Crippen molar-refractivity contribution in [2.75, 3.05) is 31.7 Å². The maximum Gasteiger partial charge on any atom is 0.407 e. The highest BCUT2D eigenvalue weighted by Crippen LogP contribution is 2.42. The number of methoxy groups -OCH3 is 1. The van der Waals surface area contributed by atoms with E-state index in [0.717, 1.165) is 19.3 Å². The normalized spacial score (nSPS) is 18.6. The van der Waals surface area contributed by atoms with Gasteiger partial charge in [0.25, 0.3) is 5.56 Å².